The summed E-state index contributed by atoms with van der Waals surface area (Å²) in [5.74, 6) is 0.156. The molecule has 0 saturated heterocycles. The molecule has 4 rings (SSSR count). The number of hydrogen-bond donors (Lipinski definition) is 2. The first kappa shape index (κ1) is 25.7. The van der Waals surface area contributed by atoms with Gasteiger partial charge in [0.25, 0.3) is 17.5 Å². The van der Waals surface area contributed by atoms with Crippen molar-refractivity contribution in [3.63, 3.8) is 0 Å². The summed E-state index contributed by atoms with van der Waals surface area (Å²) in [5.41, 5.74) is 2.73. The van der Waals surface area contributed by atoms with Crippen molar-refractivity contribution in [2.75, 3.05) is 21.0 Å². The normalized spacial score (nSPS) is 12.2. The highest BCUT2D eigenvalue weighted by Gasteiger charge is 2.23. The van der Waals surface area contributed by atoms with Crippen LogP contribution in [0, 0.1) is 10.1 Å². The lowest BCUT2D eigenvalue weighted by molar-refractivity contribution is -0.385. The van der Waals surface area contributed by atoms with E-state index in [2.05, 4.69) is 15.8 Å². The maximum Gasteiger partial charge on any atom is 0.287 e. The van der Waals surface area contributed by atoms with Crippen LogP contribution in [-0.4, -0.2) is 44.0 Å². The third-order valence-corrected chi connectivity index (χ3v) is 5.36. The van der Waals surface area contributed by atoms with Gasteiger partial charge in [-0.3, -0.25) is 19.7 Å². The molecule has 0 fully saturated rings. The van der Waals surface area contributed by atoms with Crippen LogP contribution in [0.4, 0.5) is 5.69 Å². The maximum absolute atomic E-state index is 13.1. The van der Waals surface area contributed by atoms with Crippen LogP contribution in [0.5, 0.6) is 23.0 Å². The van der Waals surface area contributed by atoms with E-state index in [9.17, 15) is 19.7 Å². The van der Waals surface area contributed by atoms with Crippen molar-refractivity contribution in [3.05, 3.63) is 93.2 Å². The quantitative estimate of drug-likeness (QED) is 0.190. The summed E-state index contributed by atoms with van der Waals surface area (Å²) >= 11 is 0. The van der Waals surface area contributed by atoms with Gasteiger partial charge in [0, 0.05) is 17.2 Å². The molecule has 1 heterocycles. The van der Waals surface area contributed by atoms with Crippen LogP contribution in [-0.2, 0) is 4.79 Å². The molecule has 38 heavy (non-hydrogen) atoms. The van der Waals surface area contributed by atoms with E-state index < -0.39 is 16.7 Å². The predicted molar refractivity (Wildman–Crippen MR) is 136 cm³/mol. The van der Waals surface area contributed by atoms with E-state index in [0.717, 1.165) is 6.21 Å². The largest absolute Gasteiger partial charge is 0.497 e. The average Bonchev–Trinajstić information content (AvgIpc) is 3.40. The topological polar surface area (TPSA) is 151 Å². The molecule has 2 amide bonds. The number of carbonyl (C=O) groups is 2. The Labute approximate surface area is 216 Å². The monoisotopic (exact) mass is 518 g/mol. The molecule has 0 spiro atoms. The second kappa shape index (κ2) is 11.6. The molecule has 194 valence electrons. The summed E-state index contributed by atoms with van der Waals surface area (Å²) in [4.78, 5) is 36.8. The minimum atomic E-state index is -0.785. The smallest absolute Gasteiger partial charge is 0.287 e. The van der Waals surface area contributed by atoms with E-state index in [4.69, 9.17) is 18.9 Å². The lowest BCUT2D eigenvalue weighted by Crippen LogP contribution is -2.32. The Kier molecular flexibility index (Phi) is 7.82. The lowest BCUT2D eigenvalue weighted by atomic mass is 10.1. The highest BCUT2D eigenvalue weighted by Crippen LogP contribution is 2.37. The number of fused-ring (bicyclic) bond motifs is 1. The Morgan fingerprint density at radius 2 is 1.74 bits per heavy atom. The summed E-state index contributed by atoms with van der Waals surface area (Å²) in [6.07, 6.45) is 2.51. The van der Waals surface area contributed by atoms with Crippen LogP contribution >= 0.6 is 0 Å². The molecule has 0 bridgehead atoms. The molecule has 0 unspecified atom stereocenters. The number of nitro groups is 1. The molecule has 0 atom stereocenters. The fraction of sp³-hybridized carbons (Fsp3) is 0.115. The first-order valence-electron chi connectivity index (χ1n) is 11.1. The fourth-order valence-electron chi connectivity index (χ4n) is 3.46. The van der Waals surface area contributed by atoms with E-state index in [1.807, 2.05) is 0 Å². The summed E-state index contributed by atoms with van der Waals surface area (Å²) < 4.78 is 21.0. The number of hydrogen-bond acceptors (Lipinski definition) is 9. The van der Waals surface area contributed by atoms with Crippen LogP contribution in [0.3, 0.4) is 0 Å². The number of nitro benzene ring substituents is 1. The van der Waals surface area contributed by atoms with Crippen molar-refractivity contribution in [2.24, 2.45) is 5.10 Å². The second-order valence-electron chi connectivity index (χ2n) is 7.71. The highest BCUT2D eigenvalue weighted by atomic mass is 16.7. The number of hydrazone groups is 1. The highest BCUT2D eigenvalue weighted by molar-refractivity contribution is 6.05. The van der Waals surface area contributed by atoms with Gasteiger partial charge in [0.1, 0.15) is 17.2 Å². The Morgan fingerprint density at radius 3 is 2.42 bits per heavy atom. The van der Waals surface area contributed by atoms with Gasteiger partial charge in [0.2, 0.25) is 6.79 Å². The molecule has 0 radical (unpaired) electrons. The Morgan fingerprint density at radius 1 is 1.00 bits per heavy atom. The summed E-state index contributed by atoms with van der Waals surface area (Å²) in [6, 6.07) is 15.9. The molecule has 3 aromatic carbocycles. The van der Waals surface area contributed by atoms with Crippen LogP contribution in [0.2, 0.25) is 0 Å². The van der Waals surface area contributed by atoms with Gasteiger partial charge in [-0.2, -0.15) is 5.10 Å². The van der Waals surface area contributed by atoms with Gasteiger partial charge >= 0.3 is 0 Å². The number of ether oxygens (including phenoxy) is 4. The third-order valence-electron chi connectivity index (χ3n) is 5.36. The van der Waals surface area contributed by atoms with Crippen LogP contribution < -0.4 is 29.7 Å². The molecule has 12 nitrogen and oxygen atoms in total. The summed E-state index contributed by atoms with van der Waals surface area (Å²) in [5, 5.41) is 17.9. The Bertz CT molecular complexity index is 1440. The van der Waals surface area contributed by atoms with Crippen LogP contribution in [0.1, 0.15) is 21.5 Å². The maximum atomic E-state index is 13.1. The predicted octanol–water partition coefficient (Wildman–Crippen LogP) is 3.26. The lowest BCUT2D eigenvalue weighted by Gasteiger charge is -2.11. The fourth-order valence-corrected chi connectivity index (χ4v) is 3.46. The zero-order valence-corrected chi connectivity index (χ0v) is 20.3. The first-order valence-corrected chi connectivity index (χ1v) is 11.1. The van der Waals surface area contributed by atoms with Gasteiger partial charge in [0.05, 0.1) is 37.0 Å². The molecule has 1 aliphatic rings. The van der Waals surface area contributed by atoms with Gasteiger partial charge in [0.15, 0.2) is 11.5 Å². The van der Waals surface area contributed by atoms with E-state index >= 15 is 0 Å². The number of methoxy groups -OCH3 is 2. The molecular formula is C26H22N4O8. The van der Waals surface area contributed by atoms with E-state index in [-0.39, 0.29) is 29.5 Å². The molecule has 2 N–H and O–H groups in total. The molecular weight excluding hydrogens is 496 g/mol. The van der Waals surface area contributed by atoms with Crippen molar-refractivity contribution >= 4 is 29.8 Å². The molecule has 0 aliphatic carbocycles. The number of carbonyl (C=O) groups excluding carboxylic acids is 2. The minimum absolute atomic E-state index is 0.0616. The van der Waals surface area contributed by atoms with E-state index in [0.29, 0.717) is 28.4 Å². The zero-order valence-electron chi connectivity index (χ0n) is 20.3. The van der Waals surface area contributed by atoms with Gasteiger partial charge in [-0.15, -0.1) is 0 Å². The Balaban J connectivity index is 1.62. The molecule has 0 saturated carbocycles. The third kappa shape index (κ3) is 5.87. The average molecular weight is 518 g/mol. The standard InChI is InChI=1S/C26H22N4O8/c1-35-19-9-8-17(22(12-19)36-2)10-20(28-25(31)16-6-4-3-5-7-16)26(32)29-27-14-18-11-23-24(38-15-37-23)13-21(18)30(33)34/h3-14H,15H2,1-2H3,(H,28,31)(H,29,32)/b20-10+,27-14-. The SMILES string of the molecule is COc1ccc(/C=C(/NC(=O)c2ccccc2)C(=O)N/N=C\c2cc3c(cc2[N+](=O)[O-])OCO3)c(OC)c1. The van der Waals surface area contributed by atoms with Gasteiger partial charge < -0.3 is 24.3 Å². The molecule has 3 aromatic rings. The number of amides is 2. The number of nitrogens with zero attached hydrogens (tertiary/aromatic N) is 2. The second-order valence-corrected chi connectivity index (χ2v) is 7.71. The molecule has 0 aromatic heterocycles. The van der Waals surface area contributed by atoms with Crippen molar-refractivity contribution in [3.8, 4) is 23.0 Å². The van der Waals surface area contributed by atoms with E-state index in [1.54, 1.807) is 48.5 Å². The van der Waals surface area contributed by atoms with E-state index in [1.165, 1.54) is 32.4 Å². The summed E-state index contributed by atoms with van der Waals surface area (Å²) in [7, 11) is 2.96. The number of rotatable bonds is 9. The Hall–Kier alpha value is -5.39. The van der Waals surface area contributed by atoms with Gasteiger partial charge in [-0.1, -0.05) is 18.2 Å². The van der Waals surface area contributed by atoms with Crippen LogP contribution in [0.15, 0.2) is 71.5 Å². The van der Waals surface area contributed by atoms with Crippen molar-refractivity contribution in [1.82, 2.24) is 10.7 Å². The van der Waals surface area contributed by atoms with Crippen molar-refractivity contribution < 1.29 is 33.5 Å². The number of benzene rings is 3. The zero-order chi connectivity index (χ0) is 27.1. The van der Waals surface area contributed by atoms with Gasteiger partial charge in [-0.25, -0.2) is 5.43 Å². The van der Waals surface area contributed by atoms with Gasteiger partial charge in [-0.05, 0) is 36.4 Å². The van der Waals surface area contributed by atoms with Crippen molar-refractivity contribution in [1.29, 1.82) is 0 Å². The summed E-state index contributed by atoms with van der Waals surface area (Å²) in [6.45, 7) is -0.0616. The molecule has 1 aliphatic heterocycles. The van der Waals surface area contributed by atoms with Crippen molar-refractivity contribution in [2.45, 2.75) is 0 Å². The number of nitrogens with one attached hydrogen (secondary N) is 2. The van der Waals surface area contributed by atoms with Crippen LogP contribution in [0.25, 0.3) is 6.08 Å². The minimum Gasteiger partial charge on any atom is -0.497 e. The molecule has 12 heteroatoms. The first-order chi connectivity index (χ1) is 18.4.